The minimum atomic E-state index is -0.0661. The second-order valence-corrected chi connectivity index (χ2v) is 15.9. The SMILES string of the molecule is Cc1cc(C)n(-c2[c-]c(Oc3[c-]c4c(cc3)c3c5c(ccc3n4-c3cc(C(C)(C)C)ccn3)-n3c4ccccc4c4cccc(c43)-c3ccccc3-5)ccc2)n1.[Pt+2]. The molecule has 0 saturated heterocycles. The van der Waals surface area contributed by atoms with Gasteiger partial charge in [0.25, 0.3) is 0 Å². The molecule has 0 radical (unpaired) electrons. The van der Waals surface area contributed by atoms with Crippen LogP contribution in [0, 0.1) is 26.0 Å². The van der Waals surface area contributed by atoms with Gasteiger partial charge in [-0.15, -0.1) is 35.7 Å². The van der Waals surface area contributed by atoms with E-state index in [9.17, 15) is 0 Å². The first-order valence-corrected chi connectivity index (χ1v) is 19.1. The van der Waals surface area contributed by atoms with Crippen LogP contribution in [0.5, 0.6) is 11.5 Å². The minimum Gasteiger partial charge on any atom is -0.509 e. The van der Waals surface area contributed by atoms with Gasteiger partial charge in [0.15, 0.2) is 0 Å². The van der Waals surface area contributed by atoms with Crippen molar-refractivity contribution in [2.75, 3.05) is 0 Å². The maximum absolute atomic E-state index is 6.58. The number of ether oxygens (including phenoxy) is 1. The summed E-state index contributed by atoms with van der Waals surface area (Å²) in [6.07, 6.45) is 1.92. The monoisotopic (exact) mass is 918 g/mol. The standard InChI is InChI=1S/C50H37N5O.Pt/c1-30-26-31(2)55(52-30)33-12-10-13-34(28-33)56-35-20-21-41-45(29-35)53(46-27-32(24-25-51-46)50(3,4)5)43-22-23-44-47(48(41)43)38-16-7-6-14-36(38)39-17-11-18-40-37-15-8-9-19-42(37)54(44)49(39)40;/h6-27H,1-5H3;/q-2;+2. The predicted molar refractivity (Wildman–Crippen MR) is 227 cm³/mol. The van der Waals surface area contributed by atoms with Crippen LogP contribution >= 0.6 is 0 Å². The molecule has 10 aromatic rings. The fraction of sp³-hybridized carbons (Fsp3) is 0.120. The zero-order valence-electron chi connectivity index (χ0n) is 32.2. The maximum atomic E-state index is 6.58. The van der Waals surface area contributed by atoms with Crippen molar-refractivity contribution in [2.45, 2.75) is 40.0 Å². The summed E-state index contributed by atoms with van der Waals surface area (Å²) in [5, 5.41) is 9.38. The second-order valence-electron chi connectivity index (χ2n) is 15.9. The number of hydrogen-bond acceptors (Lipinski definition) is 3. The van der Waals surface area contributed by atoms with E-state index in [4.69, 9.17) is 9.72 Å². The van der Waals surface area contributed by atoms with Gasteiger partial charge >= 0.3 is 21.1 Å². The van der Waals surface area contributed by atoms with Crippen LogP contribution in [-0.4, -0.2) is 23.9 Å². The van der Waals surface area contributed by atoms with Crippen molar-refractivity contribution in [3.05, 3.63) is 163 Å². The van der Waals surface area contributed by atoms with Crippen molar-refractivity contribution in [3.8, 4) is 50.9 Å². The van der Waals surface area contributed by atoms with Crippen LogP contribution in [-0.2, 0) is 26.5 Å². The fourth-order valence-corrected chi connectivity index (χ4v) is 8.80. The molecule has 278 valence electrons. The van der Waals surface area contributed by atoms with E-state index < -0.39 is 0 Å². The summed E-state index contributed by atoms with van der Waals surface area (Å²) in [4.78, 5) is 5.02. The Morgan fingerprint density at radius 1 is 0.632 bits per heavy atom. The summed E-state index contributed by atoms with van der Waals surface area (Å²) >= 11 is 0. The van der Waals surface area contributed by atoms with Gasteiger partial charge in [-0.1, -0.05) is 87.0 Å². The van der Waals surface area contributed by atoms with Gasteiger partial charge in [0.1, 0.15) is 5.82 Å². The Hall–Kier alpha value is -6.23. The smallest absolute Gasteiger partial charge is 0.509 e. The van der Waals surface area contributed by atoms with Crippen LogP contribution in [0.25, 0.3) is 83.1 Å². The molecule has 0 saturated carbocycles. The molecule has 0 unspecified atom stereocenters. The molecular weight excluding hydrogens is 882 g/mol. The van der Waals surface area contributed by atoms with Crippen LogP contribution < -0.4 is 4.74 Å². The van der Waals surface area contributed by atoms with E-state index in [0.717, 1.165) is 50.4 Å². The van der Waals surface area contributed by atoms with Crippen molar-refractivity contribution in [1.82, 2.24) is 23.9 Å². The zero-order chi connectivity index (χ0) is 37.9. The van der Waals surface area contributed by atoms with Crippen molar-refractivity contribution < 1.29 is 25.8 Å². The Kier molecular flexibility index (Phi) is 7.97. The first-order valence-electron chi connectivity index (χ1n) is 19.1. The van der Waals surface area contributed by atoms with Crippen LogP contribution in [0.15, 0.2) is 134 Å². The first kappa shape index (κ1) is 35.2. The number of rotatable bonds is 4. The summed E-state index contributed by atoms with van der Waals surface area (Å²) in [6, 6.07) is 52.5. The van der Waals surface area contributed by atoms with E-state index in [0.29, 0.717) is 11.5 Å². The molecule has 11 rings (SSSR count). The molecule has 0 fully saturated rings. The predicted octanol–water partition coefficient (Wildman–Crippen LogP) is 12.4. The summed E-state index contributed by atoms with van der Waals surface area (Å²) in [6.45, 7) is 10.8. The van der Waals surface area contributed by atoms with E-state index in [2.05, 4.69) is 150 Å². The molecule has 0 aliphatic carbocycles. The molecule has 0 atom stereocenters. The molecule has 0 N–H and O–H groups in total. The molecule has 6 nitrogen and oxygen atoms in total. The van der Waals surface area contributed by atoms with Gasteiger partial charge < -0.3 is 13.9 Å². The van der Waals surface area contributed by atoms with Crippen molar-refractivity contribution in [1.29, 1.82) is 0 Å². The Balaban J connectivity index is 0.00000396. The molecule has 6 aromatic carbocycles. The molecule has 4 aromatic heterocycles. The van der Waals surface area contributed by atoms with Crippen molar-refractivity contribution >= 4 is 43.6 Å². The molecular formula is C50H37N5OPt. The molecule has 0 bridgehead atoms. The number of fused-ring (bicyclic) bond motifs is 12. The molecule has 1 aliphatic rings. The van der Waals surface area contributed by atoms with Crippen LogP contribution in [0.1, 0.15) is 37.7 Å². The van der Waals surface area contributed by atoms with E-state index >= 15 is 0 Å². The number of nitrogens with zero attached hydrogens (tertiary/aromatic N) is 5. The van der Waals surface area contributed by atoms with Crippen molar-refractivity contribution in [2.24, 2.45) is 0 Å². The zero-order valence-corrected chi connectivity index (χ0v) is 34.4. The van der Waals surface area contributed by atoms with Gasteiger partial charge in [0.2, 0.25) is 0 Å². The van der Waals surface area contributed by atoms with Gasteiger partial charge in [0, 0.05) is 50.8 Å². The molecule has 5 heterocycles. The minimum absolute atomic E-state index is 0. The Morgan fingerprint density at radius 2 is 1.39 bits per heavy atom. The topological polar surface area (TPSA) is 49.8 Å². The van der Waals surface area contributed by atoms with E-state index in [1.807, 2.05) is 49.0 Å². The van der Waals surface area contributed by atoms with Crippen LogP contribution in [0.2, 0.25) is 0 Å². The van der Waals surface area contributed by atoms with E-state index in [1.165, 1.54) is 49.6 Å². The summed E-state index contributed by atoms with van der Waals surface area (Å²) in [7, 11) is 0. The Bertz CT molecular complexity index is 3250. The normalized spacial score (nSPS) is 12.2. The van der Waals surface area contributed by atoms with Crippen LogP contribution in [0.3, 0.4) is 0 Å². The molecule has 7 heteroatoms. The number of hydrogen-bond donors (Lipinski definition) is 0. The fourth-order valence-electron chi connectivity index (χ4n) is 8.80. The van der Waals surface area contributed by atoms with Gasteiger partial charge in [-0.05, 0) is 83.4 Å². The number of aromatic nitrogens is 5. The Labute approximate surface area is 345 Å². The first-order chi connectivity index (χ1) is 27.2. The molecule has 1 aliphatic heterocycles. The second kappa shape index (κ2) is 12.9. The summed E-state index contributed by atoms with van der Waals surface area (Å²) in [5.41, 5.74) is 14.3. The summed E-state index contributed by atoms with van der Waals surface area (Å²) in [5.74, 6) is 2.01. The number of pyridine rings is 1. The third-order valence-electron chi connectivity index (χ3n) is 11.3. The molecule has 0 spiro atoms. The van der Waals surface area contributed by atoms with Gasteiger partial charge in [-0.3, -0.25) is 4.68 Å². The van der Waals surface area contributed by atoms with Crippen LogP contribution in [0.4, 0.5) is 0 Å². The molecule has 57 heavy (non-hydrogen) atoms. The van der Waals surface area contributed by atoms with Gasteiger partial charge in [0.05, 0.1) is 22.4 Å². The summed E-state index contributed by atoms with van der Waals surface area (Å²) < 4.78 is 13.2. The largest absolute Gasteiger partial charge is 2.00 e. The number of aryl methyl sites for hydroxylation is 2. The Morgan fingerprint density at radius 3 is 2.21 bits per heavy atom. The maximum Gasteiger partial charge on any atom is 2.00 e. The number of benzene rings is 6. The van der Waals surface area contributed by atoms with E-state index in [1.54, 1.807) is 0 Å². The third-order valence-corrected chi connectivity index (χ3v) is 11.3. The van der Waals surface area contributed by atoms with Crippen molar-refractivity contribution in [3.63, 3.8) is 0 Å². The van der Waals surface area contributed by atoms with Gasteiger partial charge in [-0.2, -0.15) is 17.2 Å². The quantitative estimate of drug-likeness (QED) is 0.165. The average molecular weight is 919 g/mol. The van der Waals surface area contributed by atoms with E-state index in [-0.39, 0.29) is 26.5 Å². The third kappa shape index (κ3) is 5.34. The van der Waals surface area contributed by atoms with Gasteiger partial charge in [-0.25, -0.2) is 4.98 Å². The average Bonchev–Trinajstić information content (AvgIpc) is 3.82. The molecule has 0 amide bonds. The number of para-hydroxylation sites is 2.